The maximum atomic E-state index is 12.2. The highest BCUT2D eigenvalue weighted by Crippen LogP contribution is 2.60. The van der Waals surface area contributed by atoms with Crippen LogP contribution in [0.5, 0.6) is 0 Å². The molecular formula is C11H18N2O3. The molecule has 16 heavy (non-hydrogen) atoms. The molecule has 1 aliphatic heterocycles. The maximum Gasteiger partial charge on any atom is 0.237 e. The third kappa shape index (κ3) is 1.15. The molecule has 3 N–H and O–H groups in total. The Morgan fingerprint density at radius 3 is 2.69 bits per heavy atom. The molecule has 1 unspecified atom stereocenters. The number of aliphatic hydroxyl groups excluding tert-OH is 1. The summed E-state index contributed by atoms with van der Waals surface area (Å²) in [5.74, 6) is -0.724. The first kappa shape index (κ1) is 11.4. The average molecular weight is 226 g/mol. The minimum absolute atomic E-state index is 0.140. The number of carbonyl (C=O) groups excluding carboxylic acids is 2. The molecule has 0 spiro atoms. The van der Waals surface area contributed by atoms with Crippen LogP contribution in [0.2, 0.25) is 0 Å². The van der Waals surface area contributed by atoms with Crippen LogP contribution in [0.3, 0.4) is 0 Å². The molecule has 2 fully saturated rings. The van der Waals surface area contributed by atoms with Crippen molar-refractivity contribution < 1.29 is 14.7 Å². The van der Waals surface area contributed by atoms with Crippen molar-refractivity contribution in [3.63, 3.8) is 0 Å². The molecule has 2 rings (SSSR count). The number of aliphatic hydroxyl groups is 1. The number of likely N-dealkylation sites (tertiary alicyclic amines) is 1. The molecule has 2 aliphatic rings. The summed E-state index contributed by atoms with van der Waals surface area (Å²) >= 11 is 0. The number of hydrogen-bond donors (Lipinski definition) is 2. The number of primary amides is 1. The van der Waals surface area contributed by atoms with Gasteiger partial charge in [-0.15, -0.1) is 0 Å². The summed E-state index contributed by atoms with van der Waals surface area (Å²) in [6.45, 7) is 3.61. The molecule has 1 heterocycles. The second-order valence-electron chi connectivity index (χ2n) is 5.38. The van der Waals surface area contributed by atoms with Crippen molar-refractivity contribution in [2.24, 2.45) is 16.6 Å². The fourth-order valence-electron chi connectivity index (χ4n) is 3.23. The van der Waals surface area contributed by atoms with E-state index in [1.165, 1.54) is 4.90 Å². The summed E-state index contributed by atoms with van der Waals surface area (Å²) in [5.41, 5.74) is 4.10. The Balaban J connectivity index is 2.35. The van der Waals surface area contributed by atoms with Gasteiger partial charge in [-0.1, -0.05) is 20.3 Å². The quantitative estimate of drug-likeness (QED) is 0.685. The van der Waals surface area contributed by atoms with Gasteiger partial charge in [0.15, 0.2) is 0 Å². The van der Waals surface area contributed by atoms with Gasteiger partial charge in [0, 0.05) is 5.41 Å². The topological polar surface area (TPSA) is 83.6 Å². The lowest BCUT2D eigenvalue weighted by Crippen LogP contribution is -2.43. The predicted octanol–water partition coefficient (Wildman–Crippen LogP) is -0.171. The van der Waals surface area contributed by atoms with Crippen LogP contribution in [0.4, 0.5) is 0 Å². The number of carbonyl (C=O) groups is 2. The van der Waals surface area contributed by atoms with E-state index >= 15 is 0 Å². The molecule has 0 aromatic heterocycles. The molecular weight excluding hydrogens is 208 g/mol. The molecule has 0 bridgehead atoms. The number of rotatable bonds is 2. The van der Waals surface area contributed by atoms with Crippen molar-refractivity contribution in [2.45, 2.75) is 39.3 Å². The van der Waals surface area contributed by atoms with Gasteiger partial charge >= 0.3 is 0 Å². The molecule has 5 nitrogen and oxygen atoms in total. The van der Waals surface area contributed by atoms with Crippen molar-refractivity contribution in [3.05, 3.63) is 0 Å². The number of hydrogen-bond acceptors (Lipinski definition) is 3. The van der Waals surface area contributed by atoms with E-state index < -0.39 is 23.0 Å². The van der Waals surface area contributed by atoms with Gasteiger partial charge in [0.25, 0.3) is 0 Å². The van der Waals surface area contributed by atoms with Gasteiger partial charge < -0.3 is 15.7 Å². The smallest absolute Gasteiger partial charge is 0.237 e. The molecule has 90 valence electrons. The Kier molecular flexibility index (Phi) is 2.28. The summed E-state index contributed by atoms with van der Waals surface area (Å²) in [5, 5.41) is 10.2. The minimum Gasteiger partial charge on any atom is -0.373 e. The van der Waals surface area contributed by atoms with E-state index in [9.17, 15) is 14.7 Å². The largest absolute Gasteiger partial charge is 0.373 e. The SMILES string of the molecule is C[C@@]12CCC[C@]1(C)C(=O)N(CC(N)=O)C2O. The van der Waals surface area contributed by atoms with Crippen LogP contribution in [0.1, 0.15) is 33.1 Å². The molecule has 0 aromatic rings. The fraction of sp³-hybridized carbons (Fsp3) is 0.818. The summed E-state index contributed by atoms with van der Waals surface area (Å²) in [6, 6.07) is 0. The van der Waals surface area contributed by atoms with E-state index in [-0.39, 0.29) is 12.5 Å². The second-order valence-corrected chi connectivity index (χ2v) is 5.38. The first-order valence-corrected chi connectivity index (χ1v) is 5.60. The Morgan fingerprint density at radius 2 is 2.19 bits per heavy atom. The predicted molar refractivity (Wildman–Crippen MR) is 57.0 cm³/mol. The van der Waals surface area contributed by atoms with E-state index in [0.717, 1.165) is 19.3 Å². The van der Waals surface area contributed by atoms with Crippen molar-refractivity contribution in [1.82, 2.24) is 4.90 Å². The Hall–Kier alpha value is -1.10. The lowest BCUT2D eigenvalue weighted by atomic mass is 9.69. The van der Waals surface area contributed by atoms with Crippen LogP contribution in [0.15, 0.2) is 0 Å². The van der Waals surface area contributed by atoms with Gasteiger partial charge in [-0.3, -0.25) is 9.59 Å². The zero-order valence-corrected chi connectivity index (χ0v) is 9.69. The van der Waals surface area contributed by atoms with Crippen LogP contribution in [-0.2, 0) is 9.59 Å². The molecule has 5 heteroatoms. The lowest BCUT2D eigenvalue weighted by molar-refractivity contribution is -0.142. The number of nitrogens with zero attached hydrogens (tertiary/aromatic N) is 1. The molecule has 2 amide bonds. The Bertz CT molecular complexity index is 357. The third-order valence-electron chi connectivity index (χ3n) is 4.56. The van der Waals surface area contributed by atoms with Crippen LogP contribution in [0.25, 0.3) is 0 Å². The summed E-state index contributed by atoms with van der Waals surface area (Å²) in [7, 11) is 0. The van der Waals surface area contributed by atoms with Crippen molar-refractivity contribution in [3.8, 4) is 0 Å². The zero-order valence-electron chi connectivity index (χ0n) is 9.69. The first-order valence-electron chi connectivity index (χ1n) is 5.60. The number of fused-ring (bicyclic) bond motifs is 1. The monoisotopic (exact) mass is 226 g/mol. The van der Waals surface area contributed by atoms with Gasteiger partial charge in [-0.25, -0.2) is 0 Å². The highest BCUT2D eigenvalue weighted by Gasteiger charge is 2.65. The van der Waals surface area contributed by atoms with Crippen molar-refractivity contribution in [2.75, 3.05) is 6.54 Å². The molecule has 1 saturated heterocycles. The van der Waals surface area contributed by atoms with E-state index in [4.69, 9.17) is 5.73 Å². The third-order valence-corrected chi connectivity index (χ3v) is 4.56. The van der Waals surface area contributed by atoms with Gasteiger partial charge in [-0.2, -0.15) is 0 Å². The first-order chi connectivity index (χ1) is 7.33. The molecule has 0 radical (unpaired) electrons. The van der Waals surface area contributed by atoms with Crippen molar-refractivity contribution >= 4 is 11.8 Å². The van der Waals surface area contributed by atoms with Crippen LogP contribution in [-0.4, -0.2) is 34.6 Å². The Morgan fingerprint density at radius 1 is 1.56 bits per heavy atom. The maximum absolute atomic E-state index is 12.2. The number of amides is 2. The van der Waals surface area contributed by atoms with E-state index in [2.05, 4.69) is 0 Å². The van der Waals surface area contributed by atoms with Gasteiger partial charge in [0.05, 0.1) is 5.41 Å². The van der Waals surface area contributed by atoms with E-state index in [1.807, 2.05) is 13.8 Å². The zero-order chi connectivity index (χ0) is 12.1. The standard InChI is InChI=1S/C11H18N2O3/c1-10-4-3-5-11(10,2)9(16)13(8(10)15)6-7(12)14/h8,15H,3-6H2,1-2H3,(H2,12,14)/t8?,10-,11+/m0/s1. The summed E-state index contributed by atoms with van der Waals surface area (Å²) in [4.78, 5) is 24.3. The van der Waals surface area contributed by atoms with Gasteiger partial charge in [0.2, 0.25) is 11.8 Å². The fourth-order valence-corrected chi connectivity index (χ4v) is 3.23. The highest BCUT2D eigenvalue weighted by atomic mass is 16.3. The average Bonchev–Trinajstić information content (AvgIpc) is 2.56. The van der Waals surface area contributed by atoms with Crippen LogP contribution < -0.4 is 5.73 Å². The number of nitrogens with two attached hydrogens (primary N) is 1. The molecule has 3 atom stereocenters. The summed E-state index contributed by atoms with van der Waals surface area (Å²) in [6.07, 6.45) is 1.64. The van der Waals surface area contributed by atoms with Gasteiger partial charge in [0.1, 0.15) is 12.8 Å². The lowest BCUT2D eigenvalue weighted by Gasteiger charge is -2.33. The molecule has 1 aliphatic carbocycles. The summed E-state index contributed by atoms with van der Waals surface area (Å²) < 4.78 is 0. The van der Waals surface area contributed by atoms with Gasteiger partial charge in [-0.05, 0) is 12.8 Å². The van der Waals surface area contributed by atoms with Crippen molar-refractivity contribution in [1.29, 1.82) is 0 Å². The molecule has 1 saturated carbocycles. The Labute approximate surface area is 94.6 Å². The van der Waals surface area contributed by atoms with Crippen LogP contribution in [0, 0.1) is 10.8 Å². The minimum atomic E-state index is -0.889. The normalized spacial score (nSPS) is 42.6. The highest BCUT2D eigenvalue weighted by molar-refractivity contribution is 5.90. The van der Waals surface area contributed by atoms with Crippen LogP contribution >= 0.6 is 0 Å². The molecule has 0 aromatic carbocycles. The van der Waals surface area contributed by atoms with E-state index in [0.29, 0.717) is 0 Å². The van der Waals surface area contributed by atoms with E-state index in [1.54, 1.807) is 0 Å². The second kappa shape index (κ2) is 3.20.